The molecule has 0 bridgehead atoms. The minimum atomic E-state index is -1.71. The Labute approximate surface area is 188 Å². The predicted molar refractivity (Wildman–Crippen MR) is 114 cm³/mol. The van der Waals surface area contributed by atoms with E-state index in [1.807, 2.05) is 20.8 Å². The summed E-state index contributed by atoms with van der Waals surface area (Å²) in [5, 5.41) is 20.8. The first-order valence-electron chi connectivity index (χ1n) is 11.9. The van der Waals surface area contributed by atoms with E-state index in [-0.39, 0.29) is 55.1 Å². The van der Waals surface area contributed by atoms with E-state index in [4.69, 9.17) is 4.74 Å². The van der Waals surface area contributed by atoms with Crippen LogP contribution in [0.25, 0.3) is 0 Å². The summed E-state index contributed by atoms with van der Waals surface area (Å²) < 4.78 is 5.82. The van der Waals surface area contributed by atoms with Gasteiger partial charge in [0.25, 0.3) is 0 Å². The highest BCUT2D eigenvalue weighted by Gasteiger charge is 2.69. The molecule has 176 valence electrons. The van der Waals surface area contributed by atoms with Gasteiger partial charge in [0.05, 0.1) is 0 Å². The van der Waals surface area contributed by atoms with Crippen LogP contribution in [-0.4, -0.2) is 51.8 Å². The standard InChI is InChI=1S/C25H34O7/c1-4-5-21(30)32-20-11-15(27)10-14-6-7-16-17-8-9-25(31,19(29)13-26)23(17,2)12-18(28)22(16)24(14,20)3/h10,16-17,20,22,26,31H,4-9,11-13H2,1-3H3/t16-,17-,20?,22+,23-,24+,25-/m0/s1. The normalized spacial score (nSPS) is 43.1. The van der Waals surface area contributed by atoms with Gasteiger partial charge in [-0.1, -0.05) is 26.3 Å². The molecule has 1 unspecified atom stereocenters. The van der Waals surface area contributed by atoms with E-state index < -0.39 is 40.8 Å². The number of rotatable bonds is 5. The Morgan fingerprint density at radius 2 is 1.94 bits per heavy atom. The Kier molecular flexibility index (Phi) is 5.73. The van der Waals surface area contributed by atoms with E-state index in [1.165, 1.54) is 0 Å². The van der Waals surface area contributed by atoms with Gasteiger partial charge in [0.2, 0.25) is 0 Å². The lowest BCUT2D eigenvalue weighted by Gasteiger charge is -2.59. The van der Waals surface area contributed by atoms with E-state index in [1.54, 1.807) is 6.08 Å². The van der Waals surface area contributed by atoms with Gasteiger partial charge in [0.1, 0.15) is 24.1 Å². The average molecular weight is 447 g/mol. The maximum absolute atomic E-state index is 13.7. The van der Waals surface area contributed by atoms with Crippen molar-refractivity contribution in [2.45, 2.75) is 83.8 Å². The lowest BCUT2D eigenvalue weighted by molar-refractivity contribution is -0.181. The summed E-state index contributed by atoms with van der Waals surface area (Å²) in [6.07, 6.45) is 4.10. The molecule has 0 saturated heterocycles. The van der Waals surface area contributed by atoms with Crippen LogP contribution in [0.5, 0.6) is 0 Å². The number of carbonyl (C=O) groups excluding carboxylic acids is 4. The van der Waals surface area contributed by atoms with Gasteiger partial charge in [0, 0.05) is 36.0 Å². The molecule has 4 rings (SSSR count). The van der Waals surface area contributed by atoms with Crippen molar-refractivity contribution in [1.29, 1.82) is 0 Å². The molecule has 4 aliphatic rings. The average Bonchev–Trinajstić information content (AvgIpc) is 2.99. The van der Waals surface area contributed by atoms with Crippen molar-refractivity contribution in [1.82, 2.24) is 0 Å². The number of ketones is 3. The second-order valence-corrected chi connectivity index (χ2v) is 10.7. The minimum Gasteiger partial charge on any atom is -0.461 e. The predicted octanol–water partition coefficient (Wildman–Crippen LogP) is 2.31. The Morgan fingerprint density at radius 1 is 1.22 bits per heavy atom. The molecule has 0 spiro atoms. The number of Topliss-reactive ketones (excluding diaryl/α,β-unsaturated/α-hetero) is 2. The first-order chi connectivity index (χ1) is 15.0. The fourth-order valence-corrected chi connectivity index (χ4v) is 7.58. The summed E-state index contributed by atoms with van der Waals surface area (Å²) in [6.45, 7) is 4.90. The van der Waals surface area contributed by atoms with Crippen LogP contribution in [0.3, 0.4) is 0 Å². The molecule has 3 fully saturated rings. The van der Waals surface area contributed by atoms with E-state index in [9.17, 15) is 29.4 Å². The molecule has 7 nitrogen and oxygen atoms in total. The van der Waals surface area contributed by atoms with Crippen LogP contribution >= 0.6 is 0 Å². The van der Waals surface area contributed by atoms with Crippen LogP contribution in [0.15, 0.2) is 11.6 Å². The maximum atomic E-state index is 13.7. The molecule has 0 heterocycles. The largest absolute Gasteiger partial charge is 0.461 e. The van der Waals surface area contributed by atoms with Gasteiger partial charge < -0.3 is 14.9 Å². The van der Waals surface area contributed by atoms with Crippen LogP contribution in [0.4, 0.5) is 0 Å². The van der Waals surface area contributed by atoms with Crippen LogP contribution in [0, 0.1) is 28.6 Å². The second-order valence-electron chi connectivity index (χ2n) is 10.7. The highest BCUT2D eigenvalue weighted by Crippen LogP contribution is 2.66. The third-order valence-electron chi connectivity index (χ3n) is 9.22. The zero-order valence-electron chi connectivity index (χ0n) is 19.2. The number of hydrogen-bond donors (Lipinski definition) is 2. The minimum absolute atomic E-state index is 0.0352. The molecule has 0 aromatic heterocycles. The Morgan fingerprint density at radius 3 is 2.59 bits per heavy atom. The highest BCUT2D eigenvalue weighted by atomic mass is 16.5. The van der Waals surface area contributed by atoms with Crippen molar-refractivity contribution >= 4 is 23.3 Å². The number of esters is 1. The van der Waals surface area contributed by atoms with Crippen LogP contribution in [0.2, 0.25) is 0 Å². The number of ether oxygens (including phenoxy) is 1. The van der Waals surface area contributed by atoms with E-state index in [0.717, 1.165) is 5.57 Å². The molecule has 0 radical (unpaired) electrons. The molecule has 0 aromatic rings. The van der Waals surface area contributed by atoms with Crippen molar-refractivity contribution in [2.24, 2.45) is 28.6 Å². The molecule has 0 aromatic carbocycles. The number of aliphatic hydroxyl groups is 2. The highest BCUT2D eigenvalue weighted by molar-refractivity contribution is 5.95. The fourth-order valence-electron chi connectivity index (χ4n) is 7.58. The quantitative estimate of drug-likeness (QED) is 0.622. The third kappa shape index (κ3) is 3.07. The summed E-state index contributed by atoms with van der Waals surface area (Å²) >= 11 is 0. The molecule has 0 amide bonds. The van der Waals surface area contributed by atoms with Gasteiger partial charge in [0.15, 0.2) is 11.6 Å². The van der Waals surface area contributed by atoms with Crippen molar-refractivity contribution < 1.29 is 34.1 Å². The van der Waals surface area contributed by atoms with E-state index >= 15 is 0 Å². The molecular weight excluding hydrogens is 412 g/mol. The number of fused-ring (bicyclic) bond motifs is 5. The number of carbonyl (C=O) groups is 4. The molecule has 2 N–H and O–H groups in total. The summed E-state index contributed by atoms with van der Waals surface area (Å²) in [6, 6.07) is 0. The van der Waals surface area contributed by atoms with Gasteiger partial charge in [-0.3, -0.25) is 19.2 Å². The van der Waals surface area contributed by atoms with Crippen molar-refractivity contribution in [3.05, 3.63) is 11.6 Å². The van der Waals surface area contributed by atoms with Crippen LogP contribution in [-0.2, 0) is 23.9 Å². The monoisotopic (exact) mass is 446 g/mol. The Bertz CT molecular complexity index is 891. The summed E-state index contributed by atoms with van der Waals surface area (Å²) in [4.78, 5) is 51.0. The topological polar surface area (TPSA) is 118 Å². The summed E-state index contributed by atoms with van der Waals surface area (Å²) in [5.41, 5.74) is -2.53. The molecule has 0 aliphatic heterocycles. The van der Waals surface area contributed by atoms with Crippen LogP contribution in [0.1, 0.15) is 72.1 Å². The zero-order chi connectivity index (χ0) is 23.5. The van der Waals surface area contributed by atoms with Gasteiger partial charge in [-0.05, 0) is 50.0 Å². The number of aliphatic hydroxyl groups excluding tert-OH is 1. The lowest BCUT2D eigenvalue weighted by Crippen LogP contribution is -2.63. The second kappa shape index (κ2) is 7.87. The van der Waals surface area contributed by atoms with Gasteiger partial charge >= 0.3 is 5.97 Å². The molecule has 3 saturated carbocycles. The molecular formula is C25H34O7. The number of hydrogen-bond acceptors (Lipinski definition) is 7. The maximum Gasteiger partial charge on any atom is 0.306 e. The molecule has 4 aliphatic carbocycles. The third-order valence-corrected chi connectivity index (χ3v) is 9.22. The fraction of sp³-hybridized carbons (Fsp3) is 0.760. The van der Waals surface area contributed by atoms with Crippen LogP contribution < -0.4 is 0 Å². The molecule has 32 heavy (non-hydrogen) atoms. The summed E-state index contributed by atoms with van der Waals surface area (Å²) in [7, 11) is 0. The smallest absolute Gasteiger partial charge is 0.306 e. The van der Waals surface area contributed by atoms with Crippen molar-refractivity contribution in [3.8, 4) is 0 Å². The summed E-state index contributed by atoms with van der Waals surface area (Å²) in [5.74, 6) is -1.68. The van der Waals surface area contributed by atoms with Gasteiger partial charge in [-0.15, -0.1) is 0 Å². The first kappa shape index (κ1) is 23.3. The molecule has 7 atom stereocenters. The first-order valence-corrected chi connectivity index (χ1v) is 11.9. The van der Waals surface area contributed by atoms with E-state index in [0.29, 0.717) is 25.7 Å². The van der Waals surface area contributed by atoms with Crippen molar-refractivity contribution in [2.75, 3.05) is 6.61 Å². The van der Waals surface area contributed by atoms with Crippen molar-refractivity contribution in [3.63, 3.8) is 0 Å². The SMILES string of the molecule is CCCC(=O)OC1CC(=O)C=C2CC[C@H]3[C@@H]4CC[C@](O)(C(=O)CO)[C@@]4(C)CC(=O)[C@@H]3[C@]21C. The lowest BCUT2D eigenvalue weighted by atomic mass is 9.45. The Hall–Kier alpha value is -1.86. The molecule has 7 heteroatoms. The Balaban J connectivity index is 1.74. The van der Waals surface area contributed by atoms with Gasteiger partial charge in [-0.2, -0.15) is 0 Å². The van der Waals surface area contributed by atoms with Gasteiger partial charge in [-0.25, -0.2) is 0 Å². The zero-order valence-corrected chi connectivity index (χ0v) is 19.2. The van der Waals surface area contributed by atoms with E-state index in [2.05, 4.69) is 0 Å².